The number of rotatable bonds is 5. The molecule has 0 saturated carbocycles. The van der Waals surface area contributed by atoms with E-state index >= 15 is 0 Å². The first-order valence-electron chi connectivity index (χ1n) is 9.17. The lowest BCUT2D eigenvalue weighted by molar-refractivity contribution is -0.119. The average Bonchev–Trinajstić information content (AvgIpc) is 2.69. The highest BCUT2D eigenvalue weighted by molar-refractivity contribution is 5.99. The van der Waals surface area contributed by atoms with Gasteiger partial charge in [0.2, 0.25) is 5.91 Å². The number of anilines is 2. The number of nitrogens with one attached hydrogen (secondary N) is 1. The molecular weight excluding hydrogens is 344 g/mol. The van der Waals surface area contributed by atoms with Gasteiger partial charge in [0.25, 0.3) is 5.91 Å². The SMILES string of the molecule is COc1ccc(OCC(=O)Nc2cc3c4c(c2)CCC(=O)N4CCC3)cc1. The van der Waals surface area contributed by atoms with E-state index in [-0.39, 0.29) is 18.4 Å². The summed E-state index contributed by atoms with van der Waals surface area (Å²) in [5.74, 6) is 1.34. The summed E-state index contributed by atoms with van der Waals surface area (Å²) in [6.45, 7) is 0.726. The number of ether oxygens (including phenoxy) is 2. The zero-order valence-electron chi connectivity index (χ0n) is 15.3. The van der Waals surface area contributed by atoms with Crippen molar-refractivity contribution in [3.8, 4) is 11.5 Å². The maximum atomic E-state index is 12.3. The van der Waals surface area contributed by atoms with E-state index in [0.717, 1.165) is 54.1 Å². The molecular formula is C21H22N2O4. The standard InChI is InChI=1S/C21H22N2O4/c1-26-17-5-7-18(8-6-17)27-13-19(24)22-16-11-14-3-2-10-23-20(25)9-4-15(12-16)21(14)23/h5-8,11-12H,2-4,9-10,13H2,1H3,(H,22,24). The highest BCUT2D eigenvalue weighted by Crippen LogP contribution is 2.37. The maximum Gasteiger partial charge on any atom is 0.262 e. The van der Waals surface area contributed by atoms with Crippen LogP contribution in [-0.4, -0.2) is 32.1 Å². The van der Waals surface area contributed by atoms with E-state index < -0.39 is 0 Å². The molecule has 2 aliphatic heterocycles. The molecule has 0 fully saturated rings. The van der Waals surface area contributed by atoms with Gasteiger partial charge in [-0.25, -0.2) is 0 Å². The summed E-state index contributed by atoms with van der Waals surface area (Å²) in [5, 5.41) is 2.92. The molecule has 2 amide bonds. The van der Waals surface area contributed by atoms with Gasteiger partial charge < -0.3 is 19.7 Å². The zero-order chi connectivity index (χ0) is 18.8. The number of benzene rings is 2. The number of carbonyl (C=O) groups is 2. The van der Waals surface area contributed by atoms with Gasteiger partial charge in [0.1, 0.15) is 11.5 Å². The Morgan fingerprint density at radius 1 is 1.07 bits per heavy atom. The number of aryl methyl sites for hydroxylation is 2. The van der Waals surface area contributed by atoms with E-state index in [2.05, 4.69) is 5.32 Å². The molecule has 0 unspecified atom stereocenters. The van der Waals surface area contributed by atoms with Crippen molar-refractivity contribution < 1.29 is 19.1 Å². The number of carbonyl (C=O) groups excluding carboxylic acids is 2. The van der Waals surface area contributed by atoms with Crippen molar-refractivity contribution in [2.24, 2.45) is 0 Å². The molecule has 27 heavy (non-hydrogen) atoms. The van der Waals surface area contributed by atoms with E-state index in [4.69, 9.17) is 9.47 Å². The van der Waals surface area contributed by atoms with Gasteiger partial charge in [-0.05, 0) is 66.8 Å². The molecule has 1 N–H and O–H groups in total. The fourth-order valence-corrected chi connectivity index (χ4v) is 3.74. The molecule has 0 radical (unpaired) electrons. The molecule has 2 aromatic carbocycles. The van der Waals surface area contributed by atoms with Gasteiger partial charge in [-0.15, -0.1) is 0 Å². The van der Waals surface area contributed by atoms with Crippen LogP contribution in [0.2, 0.25) is 0 Å². The Labute approximate surface area is 158 Å². The van der Waals surface area contributed by atoms with E-state index in [1.54, 1.807) is 31.4 Å². The summed E-state index contributed by atoms with van der Waals surface area (Å²) in [5.41, 5.74) is 4.10. The van der Waals surface area contributed by atoms with E-state index in [0.29, 0.717) is 12.2 Å². The molecule has 140 valence electrons. The van der Waals surface area contributed by atoms with E-state index in [1.165, 1.54) is 0 Å². The van der Waals surface area contributed by atoms with Crippen molar-refractivity contribution in [3.05, 3.63) is 47.5 Å². The van der Waals surface area contributed by atoms with Crippen molar-refractivity contribution in [1.82, 2.24) is 0 Å². The van der Waals surface area contributed by atoms with Gasteiger partial charge in [-0.2, -0.15) is 0 Å². The van der Waals surface area contributed by atoms with Crippen LogP contribution in [0.3, 0.4) is 0 Å². The van der Waals surface area contributed by atoms with E-state index in [9.17, 15) is 9.59 Å². The predicted octanol–water partition coefficient (Wildman–Crippen LogP) is 2.94. The molecule has 6 nitrogen and oxygen atoms in total. The first-order valence-corrected chi connectivity index (χ1v) is 9.17. The van der Waals surface area contributed by atoms with Gasteiger partial charge in [-0.3, -0.25) is 9.59 Å². The molecule has 0 saturated heterocycles. The van der Waals surface area contributed by atoms with Gasteiger partial charge in [0, 0.05) is 18.7 Å². The van der Waals surface area contributed by atoms with Crippen LogP contribution < -0.4 is 19.7 Å². The summed E-state index contributed by atoms with van der Waals surface area (Å²) in [6, 6.07) is 11.1. The fourth-order valence-electron chi connectivity index (χ4n) is 3.74. The van der Waals surface area contributed by atoms with Crippen LogP contribution in [0, 0.1) is 0 Å². The number of hydrogen-bond acceptors (Lipinski definition) is 4. The lowest BCUT2D eigenvalue weighted by atomic mass is 9.91. The second-order valence-corrected chi connectivity index (χ2v) is 6.80. The number of methoxy groups -OCH3 is 1. The Balaban J connectivity index is 1.43. The maximum absolute atomic E-state index is 12.3. The summed E-state index contributed by atoms with van der Waals surface area (Å²) in [6.07, 6.45) is 3.14. The molecule has 0 spiro atoms. The highest BCUT2D eigenvalue weighted by atomic mass is 16.5. The molecule has 4 rings (SSSR count). The third-order valence-corrected chi connectivity index (χ3v) is 4.99. The minimum atomic E-state index is -0.211. The predicted molar refractivity (Wildman–Crippen MR) is 103 cm³/mol. The second-order valence-electron chi connectivity index (χ2n) is 6.80. The normalized spacial score (nSPS) is 15.1. The van der Waals surface area contributed by atoms with Crippen molar-refractivity contribution >= 4 is 23.2 Å². The van der Waals surface area contributed by atoms with Crippen molar-refractivity contribution in [2.45, 2.75) is 25.7 Å². The van der Waals surface area contributed by atoms with Crippen molar-refractivity contribution in [3.63, 3.8) is 0 Å². The smallest absolute Gasteiger partial charge is 0.262 e. The van der Waals surface area contributed by atoms with Crippen LogP contribution >= 0.6 is 0 Å². The molecule has 2 aromatic rings. The van der Waals surface area contributed by atoms with Crippen LogP contribution in [0.5, 0.6) is 11.5 Å². The number of hydrogen-bond donors (Lipinski definition) is 1. The molecule has 2 aliphatic rings. The minimum Gasteiger partial charge on any atom is -0.497 e. The van der Waals surface area contributed by atoms with Crippen molar-refractivity contribution in [2.75, 3.05) is 30.5 Å². The Morgan fingerprint density at radius 3 is 2.52 bits per heavy atom. The zero-order valence-corrected chi connectivity index (χ0v) is 15.3. The van der Waals surface area contributed by atoms with Gasteiger partial charge in [0.05, 0.1) is 12.8 Å². The van der Waals surface area contributed by atoms with Crippen LogP contribution in [0.15, 0.2) is 36.4 Å². The van der Waals surface area contributed by atoms with Gasteiger partial charge >= 0.3 is 0 Å². The lowest BCUT2D eigenvalue weighted by Gasteiger charge is -2.35. The van der Waals surface area contributed by atoms with Crippen molar-refractivity contribution in [1.29, 1.82) is 0 Å². The number of amides is 2. The lowest BCUT2D eigenvalue weighted by Crippen LogP contribution is -2.39. The molecule has 0 aliphatic carbocycles. The Hall–Kier alpha value is -3.02. The topological polar surface area (TPSA) is 67.9 Å². The van der Waals surface area contributed by atoms with Crippen LogP contribution in [0.4, 0.5) is 11.4 Å². The fraction of sp³-hybridized carbons (Fsp3) is 0.333. The summed E-state index contributed by atoms with van der Waals surface area (Å²) in [4.78, 5) is 26.3. The average molecular weight is 366 g/mol. The third kappa shape index (κ3) is 3.60. The Kier molecular flexibility index (Phi) is 4.71. The first kappa shape index (κ1) is 17.4. The molecule has 6 heteroatoms. The van der Waals surface area contributed by atoms with E-state index in [1.807, 2.05) is 17.0 Å². The van der Waals surface area contributed by atoms with Gasteiger partial charge in [-0.1, -0.05) is 0 Å². The Morgan fingerprint density at radius 2 is 1.78 bits per heavy atom. The van der Waals surface area contributed by atoms with Crippen LogP contribution in [0.1, 0.15) is 24.0 Å². The van der Waals surface area contributed by atoms with Crippen LogP contribution in [-0.2, 0) is 22.4 Å². The van der Waals surface area contributed by atoms with Gasteiger partial charge in [0.15, 0.2) is 6.61 Å². The molecule has 0 atom stereocenters. The molecule has 2 heterocycles. The summed E-state index contributed by atoms with van der Waals surface area (Å²) < 4.78 is 10.6. The second kappa shape index (κ2) is 7.31. The summed E-state index contributed by atoms with van der Waals surface area (Å²) >= 11 is 0. The summed E-state index contributed by atoms with van der Waals surface area (Å²) in [7, 11) is 1.60. The largest absolute Gasteiger partial charge is 0.497 e. The minimum absolute atomic E-state index is 0.0661. The quantitative estimate of drug-likeness (QED) is 0.883. The number of nitrogens with zero attached hydrogens (tertiary/aromatic N) is 1. The Bertz CT molecular complexity index is 859. The molecule has 0 bridgehead atoms. The molecule has 0 aromatic heterocycles. The first-order chi connectivity index (χ1) is 13.1. The third-order valence-electron chi connectivity index (χ3n) is 4.99. The highest BCUT2D eigenvalue weighted by Gasteiger charge is 2.29. The monoisotopic (exact) mass is 366 g/mol. The van der Waals surface area contributed by atoms with Crippen LogP contribution in [0.25, 0.3) is 0 Å².